The van der Waals surface area contributed by atoms with Crippen LogP contribution in [0.1, 0.15) is 61.7 Å². The average molecular weight is 749 g/mol. The largest absolute Gasteiger partial charge is 0.392 e. The lowest BCUT2D eigenvalue weighted by Crippen LogP contribution is -2.60. The molecule has 0 amide bonds. The van der Waals surface area contributed by atoms with Gasteiger partial charge in [-0.15, -0.1) is 0 Å². The zero-order valence-electron chi connectivity index (χ0n) is 28.6. The van der Waals surface area contributed by atoms with Crippen molar-refractivity contribution in [1.29, 1.82) is 0 Å². The molecule has 10 rings (SSSR count). The Morgan fingerprint density at radius 1 is 0.615 bits per heavy atom. The molecule has 2 aromatic heterocycles. The lowest BCUT2D eigenvalue weighted by Gasteiger charge is -2.57. The lowest BCUT2D eigenvalue weighted by molar-refractivity contribution is -0.152. The van der Waals surface area contributed by atoms with Crippen molar-refractivity contribution in [3.05, 3.63) is 84.7 Å². The maximum atomic E-state index is 11.5. The molecule has 0 bridgehead atoms. The van der Waals surface area contributed by atoms with Gasteiger partial charge in [-0.25, -0.2) is 20.2 Å². The standard InChI is InChI=1S/2C18H22N4O3S/c2*19-26(24,25)21-7-5-18(6-8-21)9-14(17(18)23)16-13-4-2-1-3-12(13)15-10-20-11-22(15)16/h2*1-4,10-11,14,16-17,23H,5-9H2,(H2,19,24,25)/t2*14-,16-,17+/m10/s1. The third kappa shape index (κ3) is 5.17. The smallest absolute Gasteiger partial charge is 0.276 e. The molecule has 6 N–H and O–H groups in total. The molecule has 6 heterocycles. The minimum absolute atomic E-state index is 0.0978. The predicted molar refractivity (Wildman–Crippen MR) is 193 cm³/mol. The molecule has 52 heavy (non-hydrogen) atoms. The molecule has 2 aliphatic carbocycles. The van der Waals surface area contributed by atoms with Gasteiger partial charge >= 0.3 is 0 Å². The number of nitrogens with zero attached hydrogens (tertiary/aromatic N) is 6. The highest BCUT2D eigenvalue weighted by molar-refractivity contribution is 7.87. The molecule has 2 aromatic carbocycles. The molecule has 2 saturated heterocycles. The van der Waals surface area contributed by atoms with Gasteiger partial charge in [0.25, 0.3) is 20.4 Å². The topological polar surface area (TPSA) is 203 Å². The number of benzene rings is 2. The van der Waals surface area contributed by atoms with Crippen molar-refractivity contribution in [3.8, 4) is 22.5 Å². The highest BCUT2D eigenvalue weighted by Crippen LogP contribution is 2.61. The molecular weight excluding hydrogens is 705 g/mol. The average Bonchev–Trinajstić information content (AvgIpc) is 3.92. The van der Waals surface area contributed by atoms with E-state index in [2.05, 4.69) is 43.4 Å². The number of aromatic nitrogens is 4. The number of aliphatic hydroxyl groups excluding tert-OH is 2. The van der Waals surface area contributed by atoms with Crippen LogP contribution < -0.4 is 10.3 Å². The van der Waals surface area contributed by atoms with Crippen LogP contribution in [-0.2, 0) is 20.4 Å². The number of piperidine rings is 2. The van der Waals surface area contributed by atoms with Gasteiger partial charge in [0.05, 0.1) is 60.7 Å². The molecule has 0 radical (unpaired) electrons. The number of rotatable bonds is 4. The van der Waals surface area contributed by atoms with E-state index in [0.29, 0.717) is 51.9 Å². The number of fused-ring (bicyclic) bond motifs is 6. The van der Waals surface area contributed by atoms with Crippen LogP contribution in [0.3, 0.4) is 0 Å². The van der Waals surface area contributed by atoms with Crippen molar-refractivity contribution in [2.45, 2.75) is 62.8 Å². The number of imidazole rings is 2. The zero-order valence-corrected chi connectivity index (χ0v) is 30.3. The van der Waals surface area contributed by atoms with Gasteiger partial charge in [0.1, 0.15) is 0 Å². The van der Waals surface area contributed by atoms with E-state index in [-0.39, 0.29) is 34.7 Å². The summed E-state index contributed by atoms with van der Waals surface area (Å²) in [5, 5.41) is 32.7. The van der Waals surface area contributed by atoms with Crippen molar-refractivity contribution in [1.82, 2.24) is 27.7 Å². The summed E-state index contributed by atoms with van der Waals surface area (Å²) in [6, 6.07) is 16.8. The second kappa shape index (κ2) is 12.0. The van der Waals surface area contributed by atoms with Gasteiger partial charge in [-0.1, -0.05) is 48.5 Å². The fraction of sp³-hybridized carbons (Fsp3) is 0.500. The summed E-state index contributed by atoms with van der Waals surface area (Å²) in [7, 11) is -7.28. The summed E-state index contributed by atoms with van der Waals surface area (Å²) in [5.41, 5.74) is 6.68. The predicted octanol–water partition coefficient (Wildman–Crippen LogP) is 2.24. The fourth-order valence-electron chi connectivity index (χ4n) is 10.6. The third-order valence-corrected chi connectivity index (χ3v) is 15.5. The van der Waals surface area contributed by atoms with Crippen LogP contribution in [0.2, 0.25) is 0 Å². The van der Waals surface area contributed by atoms with Crippen LogP contribution in [0.15, 0.2) is 73.6 Å². The van der Waals surface area contributed by atoms with Gasteiger partial charge in [0.2, 0.25) is 0 Å². The third-order valence-electron chi connectivity index (χ3n) is 13.4. The van der Waals surface area contributed by atoms with Crippen LogP contribution in [0, 0.1) is 22.7 Å². The maximum absolute atomic E-state index is 11.5. The van der Waals surface area contributed by atoms with Crippen LogP contribution in [-0.4, -0.2) is 93.1 Å². The zero-order chi connectivity index (χ0) is 36.2. The van der Waals surface area contributed by atoms with E-state index in [4.69, 9.17) is 10.3 Å². The summed E-state index contributed by atoms with van der Waals surface area (Å²) >= 11 is 0. The van der Waals surface area contributed by atoms with Gasteiger partial charge in [0, 0.05) is 49.1 Å². The number of aliphatic hydroxyl groups is 2. The normalized spacial score (nSPS) is 30.0. The van der Waals surface area contributed by atoms with E-state index in [1.165, 1.54) is 30.9 Å². The molecule has 14 nitrogen and oxygen atoms in total. The Bertz CT molecular complexity index is 2080. The molecule has 4 aliphatic heterocycles. The molecule has 276 valence electrons. The first-order chi connectivity index (χ1) is 24.8. The van der Waals surface area contributed by atoms with Crippen LogP contribution in [0.5, 0.6) is 0 Å². The molecular formula is C36H44N8O6S2. The van der Waals surface area contributed by atoms with E-state index < -0.39 is 32.6 Å². The monoisotopic (exact) mass is 748 g/mol. The molecule has 2 spiro atoms. The molecule has 0 unspecified atom stereocenters. The molecule has 16 heteroatoms. The lowest BCUT2D eigenvalue weighted by atomic mass is 9.53. The maximum Gasteiger partial charge on any atom is 0.276 e. The SMILES string of the molecule is NS(=O)(=O)N1CCC2(CC1)C[C@@H]([C@@H]1c3ccccc3-c3cncn31)[C@H]2O.NS(=O)(=O)N1CCC2(CC1)C[C@H]([C@H]1c3ccccc3-c3cncn31)[C@@H]2O. The van der Waals surface area contributed by atoms with E-state index in [1.807, 2.05) is 49.3 Å². The number of hydrogen-bond acceptors (Lipinski definition) is 8. The minimum Gasteiger partial charge on any atom is -0.392 e. The summed E-state index contributed by atoms with van der Waals surface area (Å²) in [5.74, 6) is 0.236. The van der Waals surface area contributed by atoms with Crippen LogP contribution in [0.4, 0.5) is 0 Å². The van der Waals surface area contributed by atoms with Gasteiger partial charge in [-0.3, -0.25) is 0 Å². The quantitative estimate of drug-likeness (QED) is 0.243. The highest BCUT2D eigenvalue weighted by atomic mass is 32.2. The highest BCUT2D eigenvalue weighted by Gasteiger charge is 2.59. The minimum atomic E-state index is -3.64. The van der Waals surface area contributed by atoms with E-state index in [0.717, 1.165) is 24.2 Å². The number of hydrogen-bond donors (Lipinski definition) is 4. The Morgan fingerprint density at radius 3 is 1.33 bits per heavy atom. The van der Waals surface area contributed by atoms with Crippen molar-refractivity contribution in [2.24, 2.45) is 32.9 Å². The van der Waals surface area contributed by atoms with Crippen LogP contribution in [0.25, 0.3) is 22.5 Å². The first kappa shape index (κ1) is 34.3. The van der Waals surface area contributed by atoms with Gasteiger partial charge in [0.15, 0.2) is 0 Å². The molecule has 4 fully saturated rings. The molecule has 6 aliphatic rings. The van der Waals surface area contributed by atoms with Crippen molar-refractivity contribution < 1.29 is 27.0 Å². The summed E-state index contributed by atoms with van der Waals surface area (Å²) < 4.78 is 53.1. The number of nitrogens with two attached hydrogens (primary N) is 2. The Kier molecular flexibility index (Phi) is 7.92. The second-order valence-corrected chi connectivity index (χ2v) is 18.8. The first-order valence-corrected chi connectivity index (χ1v) is 21.0. The van der Waals surface area contributed by atoms with Crippen molar-refractivity contribution in [3.63, 3.8) is 0 Å². The summed E-state index contributed by atoms with van der Waals surface area (Å²) in [6.45, 7) is 1.56. The van der Waals surface area contributed by atoms with Gasteiger partial charge in [-0.05, 0) is 60.5 Å². The summed E-state index contributed by atoms with van der Waals surface area (Å²) in [4.78, 5) is 8.59. The van der Waals surface area contributed by atoms with Crippen molar-refractivity contribution >= 4 is 20.4 Å². The second-order valence-electron chi connectivity index (χ2n) is 15.7. The fourth-order valence-corrected chi connectivity index (χ4v) is 11.9. The Labute approximate surface area is 303 Å². The Hall–Kier alpha value is -3.48. The first-order valence-electron chi connectivity index (χ1n) is 18.0. The molecule has 4 aromatic rings. The molecule has 2 saturated carbocycles. The Balaban J connectivity index is 0.000000138. The van der Waals surface area contributed by atoms with E-state index in [9.17, 15) is 27.0 Å². The van der Waals surface area contributed by atoms with Gasteiger partial charge in [-0.2, -0.15) is 25.4 Å². The Morgan fingerprint density at radius 2 is 0.981 bits per heavy atom. The van der Waals surface area contributed by atoms with E-state index >= 15 is 0 Å². The van der Waals surface area contributed by atoms with Crippen LogP contribution >= 0.6 is 0 Å². The van der Waals surface area contributed by atoms with Crippen molar-refractivity contribution in [2.75, 3.05) is 26.2 Å². The summed E-state index contributed by atoms with van der Waals surface area (Å²) in [6.07, 6.45) is 11.0. The van der Waals surface area contributed by atoms with E-state index in [1.54, 1.807) is 0 Å². The van der Waals surface area contributed by atoms with Gasteiger partial charge < -0.3 is 19.3 Å². The molecule has 6 atom stereocenters.